The van der Waals surface area contributed by atoms with E-state index in [9.17, 15) is 14.4 Å². The lowest BCUT2D eigenvalue weighted by molar-refractivity contribution is -0.143. The van der Waals surface area contributed by atoms with Crippen LogP contribution in [-0.2, 0) is 33.3 Å². The molecule has 7 unspecified atom stereocenters. The van der Waals surface area contributed by atoms with Crippen molar-refractivity contribution in [3.8, 4) is 0 Å². The molecular formula is C34H47N3O7. The van der Waals surface area contributed by atoms with Gasteiger partial charge in [-0.2, -0.15) is 0 Å². The summed E-state index contributed by atoms with van der Waals surface area (Å²) in [7, 11) is 0. The van der Waals surface area contributed by atoms with Crippen molar-refractivity contribution in [3.63, 3.8) is 0 Å². The highest BCUT2D eigenvalue weighted by atomic mass is 16.6. The van der Waals surface area contributed by atoms with Crippen LogP contribution in [0.4, 0.5) is 0 Å². The van der Waals surface area contributed by atoms with Crippen molar-refractivity contribution in [2.24, 2.45) is 5.92 Å². The van der Waals surface area contributed by atoms with Gasteiger partial charge in [0.15, 0.2) is 0 Å². The van der Waals surface area contributed by atoms with Crippen LogP contribution in [0.2, 0.25) is 0 Å². The molecule has 0 aromatic heterocycles. The minimum absolute atomic E-state index is 0.0420. The Balaban J connectivity index is 1.23. The lowest BCUT2D eigenvalue weighted by Crippen LogP contribution is -2.50. The third-order valence-electron chi connectivity index (χ3n) is 8.33. The number of epoxide rings is 1. The predicted octanol–water partition coefficient (Wildman–Crippen LogP) is 4.02. The molecular weight excluding hydrogens is 562 g/mol. The van der Waals surface area contributed by atoms with Crippen LogP contribution in [0, 0.1) is 5.92 Å². The van der Waals surface area contributed by atoms with Gasteiger partial charge in [-0.25, -0.2) is 0 Å². The van der Waals surface area contributed by atoms with Gasteiger partial charge >= 0.3 is 5.97 Å². The maximum Gasteiger partial charge on any atom is 0.303 e. The number of hydrogen-bond acceptors (Lipinski definition) is 8. The molecule has 4 aliphatic heterocycles. The highest BCUT2D eigenvalue weighted by Gasteiger charge is 2.51. The van der Waals surface area contributed by atoms with E-state index < -0.39 is 6.10 Å². The first-order valence-corrected chi connectivity index (χ1v) is 15.5. The summed E-state index contributed by atoms with van der Waals surface area (Å²) in [5.41, 5.74) is 2.38. The van der Waals surface area contributed by atoms with Crippen molar-refractivity contribution in [3.05, 3.63) is 72.3 Å². The molecule has 10 heteroatoms. The number of carbonyl (C=O) groups is 3. The summed E-state index contributed by atoms with van der Waals surface area (Å²) >= 11 is 0. The van der Waals surface area contributed by atoms with Gasteiger partial charge in [0.25, 0.3) is 0 Å². The van der Waals surface area contributed by atoms with E-state index >= 15 is 0 Å². The molecule has 4 heterocycles. The molecule has 3 N–H and O–H groups in total. The maximum absolute atomic E-state index is 12.7. The zero-order valence-electron chi connectivity index (χ0n) is 26.5. The fraction of sp³-hybridized carbons (Fsp3) is 0.559. The van der Waals surface area contributed by atoms with E-state index in [1.165, 1.54) is 13.0 Å². The third kappa shape index (κ3) is 10.3. The van der Waals surface area contributed by atoms with Crippen LogP contribution in [0.15, 0.2) is 72.3 Å². The van der Waals surface area contributed by atoms with Crippen LogP contribution in [0.3, 0.4) is 0 Å². The highest BCUT2D eigenvalue weighted by Crippen LogP contribution is 2.43. The van der Waals surface area contributed by atoms with E-state index in [-0.39, 0.29) is 66.2 Å². The van der Waals surface area contributed by atoms with Gasteiger partial charge in [0.1, 0.15) is 6.10 Å². The number of nitrogens with one attached hydrogen (secondary N) is 3. The summed E-state index contributed by atoms with van der Waals surface area (Å²) < 4.78 is 23.4. The third-order valence-corrected chi connectivity index (χ3v) is 8.33. The predicted molar refractivity (Wildman–Crippen MR) is 167 cm³/mol. The molecule has 4 aliphatic rings. The van der Waals surface area contributed by atoms with Crippen LogP contribution in [-0.4, -0.2) is 66.6 Å². The topological polar surface area (TPSA) is 128 Å². The average molecular weight is 610 g/mol. The van der Waals surface area contributed by atoms with Crippen molar-refractivity contribution >= 4 is 17.8 Å². The number of dihydropyridines is 1. The normalized spacial score (nSPS) is 32.7. The molecule has 2 amide bonds. The Morgan fingerprint density at radius 3 is 2.64 bits per heavy atom. The zero-order chi connectivity index (χ0) is 31.9. The lowest BCUT2D eigenvalue weighted by atomic mass is 9.88. The van der Waals surface area contributed by atoms with Crippen molar-refractivity contribution in [1.29, 1.82) is 0 Å². The van der Waals surface area contributed by atoms with Gasteiger partial charge < -0.3 is 34.9 Å². The second kappa shape index (κ2) is 15.0. The number of ether oxygens (including phenoxy) is 4. The summed E-state index contributed by atoms with van der Waals surface area (Å²) in [6, 6.07) is -0.102. The van der Waals surface area contributed by atoms with Crippen LogP contribution >= 0.6 is 0 Å². The number of esters is 1. The van der Waals surface area contributed by atoms with Crippen molar-refractivity contribution in [2.75, 3.05) is 6.61 Å². The maximum atomic E-state index is 12.7. The van der Waals surface area contributed by atoms with E-state index in [1.54, 1.807) is 19.2 Å². The molecule has 3 fully saturated rings. The number of rotatable bonds is 11. The number of amides is 2. The number of hydrogen-bond donors (Lipinski definition) is 3. The van der Waals surface area contributed by atoms with Gasteiger partial charge in [0, 0.05) is 37.7 Å². The Labute approximate surface area is 260 Å². The van der Waals surface area contributed by atoms with Gasteiger partial charge in [0.05, 0.1) is 54.8 Å². The van der Waals surface area contributed by atoms with Gasteiger partial charge in [-0.3, -0.25) is 14.4 Å². The summed E-state index contributed by atoms with van der Waals surface area (Å²) in [6.45, 7) is 13.7. The second-order valence-corrected chi connectivity index (χ2v) is 12.5. The lowest BCUT2D eigenvalue weighted by Gasteiger charge is -2.39. The molecule has 4 rings (SSSR count). The fourth-order valence-corrected chi connectivity index (χ4v) is 5.83. The fourth-order valence-electron chi connectivity index (χ4n) is 5.83. The second-order valence-electron chi connectivity index (χ2n) is 12.5. The van der Waals surface area contributed by atoms with E-state index in [0.29, 0.717) is 18.7 Å². The van der Waals surface area contributed by atoms with Gasteiger partial charge in [0.2, 0.25) is 11.8 Å². The Kier molecular flexibility index (Phi) is 11.4. The molecule has 44 heavy (non-hydrogen) atoms. The zero-order valence-corrected chi connectivity index (χ0v) is 26.5. The Bertz CT molecular complexity index is 1250. The summed E-state index contributed by atoms with van der Waals surface area (Å²) in [6.07, 6.45) is 17.0. The van der Waals surface area contributed by atoms with E-state index in [0.717, 1.165) is 30.5 Å². The minimum Gasteiger partial charge on any atom is -0.459 e. The SMILES string of the molecule is C=C1C=CC(NC(=O)C[C@@H]2CC3(CO3)CC(/C=C/C(C)=C/CC3OC(C)C(NC(=O)/C=C\C(C)OC(C)=O)CC3C)O2)=CN1. The van der Waals surface area contributed by atoms with Gasteiger partial charge in [-0.1, -0.05) is 37.3 Å². The first kappa shape index (κ1) is 33.4. The molecule has 8 atom stereocenters. The van der Waals surface area contributed by atoms with Crippen LogP contribution in [0.25, 0.3) is 0 Å². The summed E-state index contributed by atoms with van der Waals surface area (Å²) in [5, 5.41) is 8.93. The molecule has 240 valence electrons. The molecule has 0 aromatic rings. The molecule has 0 radical (unpaired) electrons. The minimum atomic E-state index is -0.465. The monoisotopic (exact) mass is 609 g/mol. The average Bonchev–Trinajstić information content (AvgIpc) is 3.69. The molecule has 3 saturated heterocycles. The quantitative estimate of drug-likeness (QED) is 0.139. The first-order valence-electron chi connectivity index (χ1n) is 15.5. The van der Waals surface area contributed by atoms with E-state index in [2.05, 4.69) is 54.6 Å². The number of allylic oxidation sites excluding steroid dienone is 4. The molecule has 0 saturated carbocycles. The molecule has 1 spiro atoms. The van der Waals surface area contributed by atoms with E-state index in [1.807, 2.05) is 19.1 Å². The highest BCUT2D eigenvalue weighted by molar-refractivity contribution is 5.87. The molecule has 0 aromatic carbocycles. The van der Waals surface area contributed by atoms with E-state index in [4.69, 9.17) is 18.9 Å². The van der Waals surface area contributed by atoms with Gasteiger partial charge in [-0.15, -0.1) is 0 Å². The Morgan fingerprint density at radius 2 is 1.95 bits per heavy atom. The molecule has 0 aliphatic carbocycles. The number of carbonyl (C=O) groups excluding carboxylic acids is 3. The summed E-state index contributed by atoms with van der Waals surface area (Å²) in [5.74, 6) is -0.463. The van der Waals surface area contributed by atoms with Crippen LogP contribution in [0.1, 0.15) is 66.7 Å². The smallest absolute Gasteiger partial charge is 0.303 e. The van der Waals surface area contributed by atoms with Crippen LogP contribution in [0.5, 0.6) is 0 Å². The van der Waals surface area contributed by atoms with Gasteiger partial charge in [-0.05, 0) is 57.8 Å². The van der Waals surface area contributed by atoms with Crippen molar-refractivity contribution < 1.29 is 33.3 Å². The van der Waals surface area contributed by atoms with Crippen LogP contribution < -0.4 is 16.0 Å². The Hall–Kier alpha value is -3.47. The molecule has 10 nitrogen and oxygen atoms in total. The largest absolute Gasteiger partial charge is 0.459 e. The molecule has 0 bridgehead atoms. The van der Waals surface area contributed by atoms with Crippen molar-refractivity contribution in [2.45, 2.75) is 109 Å². The Morgan fingerprint density at radius 1 is 1.18 bits per heavy atom. The standard InChI is InChI=1S/C34H47N3O7/c1-21(8-13-31-22(2)15-30(25(5)43-31)37-32(39)14-10-24(4)42-26(6)38)7-12-28-17-34(20-41-34)18-29(44-28)16-33(40)36-27-11-9-23(3)35-19-27/h7-12,14,19,22,24-25,28-31,35H,3,13,15-18,20H2,1-2,4-6H3,(H,36,40)(H,37,39)/b12-7+,14-10-,21-8+/t22?,24?,25?,28?,29-,30?,31?,34?/m1/s1. The first-order chi connectivity index (χ1) is 20.9. The summed E-state index contributed by atoms with van der Waals surface area (Å²) in [4.78, 5) is 36.1. The van der Waals surface area contributed by atoms with Crippen molar-refractivity contribution in [1.82, 2.24) is 16.0 Å².